The maximum atomic E-state index is 13.0. The Hall–Kier alpha value is -3.16. The van der Waals surface area contributed by atoms with Gasteiger partial charge in [-0.1, -0.05) is 30.3 Å². The zero-order valence-corrected chi connectivity index (χ0v) is 16.1. The van der Waals surface area contributed by atoms with Crippen LogP contribution in [0.3, 0.4) is 0 Å². The molecule has 0 saturated carbocycles. The molecule has 1 aromatic carbocycles. The molecule has 8 nitrogen and oxygen atoms in total. The van der Waals surface area contributed by atoms with Gasteiger partial charge in [-0.3, -0.25) is 19.1 Å². The van der Waals surface area contributed by atoms with E-state index in [0.29, 0.717) is 31.9 Å². The van der Waals surface area contributed by atoms with Crippen molar-refractivity contribution in [3.8, 4) is 0 Å². The van der Waals surface area contributed by atoms with Crippen molar-refractivity contribution in [2.75, 3.05) is 13.1 Å². The normalized spacial score (nSPS) is 14.8. The van der Waals surface area contributed by atoms with Gasteiger partial charge in [-0.15, -0.1) is 0 Å². The van der Waals surface area contributed by atoms with Crippen LogP contribution in [0.5, 0.6) is 0 Å². The van der Waals surface area contributed by atoms with Gasteiger partial charge in [-0.05, 0) is 25.8 Å². The van der Waals surface area contributed by atoms with Crippen molar-refractivity contribution in [1.29, 1.82) is 0 Å². The molecule has 0 radical (unpaired) electrons. The van der Waals surface area contributed by atoms with Crippen LogP contribution < -0.4 is 10.6 Å². The zero-order chi connectivity index (χ0) is 20.1. The molecule has 3 rings (SSSR count). The molecule has 0 spiro atoms. The number of rotatable bonds is 6. The fourth-order valence-electron chi connectivity index (χ4n) is 3.16. The molecule has 1 unspecified atom stereocenters. The molecule has 1 aliphatic rings. The number of benzene rings is 1. The topological polar surface area (TPSA) is 96.3 Å². The highest BCUT2D eigenvalue weighted by atomic mass is 16.2. The van der Waals surface area contributed by atoms with E-state index in [1.807, 2.05) is 37.3 Å². The Bertz CT molecular complexity index is 862. The molecule has 1 aliphatic heterocycles. The minimum Gasteiger partial charge on any atom is -0.355 e. The molecule has 1 aromatic heterocycles. The highest BCUT2D eigenvalue weighted by Crippen LogP contribution is 2.16. The van der Waals surface area contributed by atoms with E-state index in [1.165, 1.54) is 6.07 Å². The molecule has 2 aromatic rings. The van der Waals surface area contributed by atoms with E-state index < -0.39 is 11.9 Å². The molecule has 28 heavy (non-hydrogen) atoms. The van der Waals surface area contributed by atoms with E-state index in [-0.39, 0.29) is 17.5 Å². The number of fused-ring (bicyclic) bond motifs is 1. The number of nitrogens with zero attached hydrogens (tertiary/aromatic N) is 3. The molecular formula is C20H25N5O3. The Balaban J connectivity index is 1.73. The fraction of sp³-hybridized carbons (Fsp3) is 0.400. The van der Waals surface area contributed by atoms with Crippen molar-refractivity contribution in [2.45, 2.75) is 39.4 Å². The number of amides is 3. The van der Waals surface area contributed by atoms with Crippen LogP contribution in [0.1, 0.15) is 46.8 Å². The molecular weight excluding hydrogens is 358 g/mol. The SMILES string of the molecule is CCNC(=O)C(C)NC(=O)c1cc2n(n1)CCCN(Cc1ccccc1)C2=O. The first kappa shape index (κ1) is 19.6. The number of carbonyl (C=O) groups excluding carboxylic acids is 3. The number of carbonyl (C=O) groups is 3. The van der Waals surface area contributed by atoms with Crippen molar-refractivity contribution in [2.24, 2.45) is 0 Å². The third kappa shape index (κ3) is 4.39. The lowest BCUT2D eigenvalue weighted by atomic mass is 10.2. The minimum atomic E-state index is -0.681. The lowest BCUT2D eigenvalue weighted by Crippen LogP contribution is -2.44. The number of aromatic nitrogens is 2. The van der Waals surface area contributed by atoms with Gasteiger partial charge >= 0.3 is 0 Å². The van der Waals surface area contributed by atoms with Crippen LogP contribution in [-0.4, -0.2) is 51.5 Å². The van der Waals surface area contributed by atoms with Gasteiger partial charge in [0.1, 0.15) is 11.7 Å². The van der Waals surface area contributed by atoms with Crippen molar-refractivity contribution in [1.82, 2.24) is 25.3 Å². The molecule has 0 aliphatic carbocycles. The third-order valence-corrected chi connectivity index (χ3v) is 4.63. The first-order valence-corrected chi connectivity index (χ1v) is 9.49. The van der Waals surface area contributed by atoms with Gasteiger partial charge in [-0.25, -0.2) is 0 Å². The summed E-state index contributed by atoms with van der Waals surface area (Å²) in [6.45, 7) is 5.62. The molecule has 148 valence electrons. The summed E-state index contributed by atoms with van der Waals surface area (Å²) < 4.78 is 1.58. The lowest BCUT2D eigenvalue weighted by Gasteiger charge is -2.20. The van der Waals surface area contributed by atoms with E-state index in [9.17, 15) is 14.4 Å². The monoisotopic (exact) mass is 383 g/mol. The maximum Gasteiger partial charge on any atom is 0.272 e. The summed E-state index contributed by atoms with van der Waals surface area (Å²) in [7, 11) is 0. The summed E-state index contributed by atoms with van der Waals surface area (Å²) in [6.07, 6.45) is 0.754. The van der Waals surface area contributed by atoms with Gasteiger partial charge in [0.05, 0.1) is 0 Å². The van der Waals surface area contributed by atoms with Crippen LogP contribution in [0.25, 0.3) is 0 Å². The van der Waals surface area contributed by atoms with Crippen LogP contribution in [-0.2, 0) is 17.9 Å². The first-order chi connectivity index (χ1) is 13.5. The predicted octanol–water partition coefficient (Wildman–Crippen LogP) is 1.18. The average molecular weight is 383 g/mol. The van der Waals surface area contributed by atoms with Crippen LogP contribution >= 0.6 is 0 Å². The molecule has 1 atom stereocenters. The average Bonchev–Trinajstić information content (AvgIpc) is 3.06. The fourth-order valence-corrected chi connectivity index (χ4v) is 3.16. The van der Waals surface area contributed by atoms with E-state index >= 15 is 0 Å². The molecule has 2 heterocycles. The van der Waals surface area contributed by atoms with Crippen LogP contribution in [0.15, 0.2) is 36.4 Å². The Morgan fingerprint density at radius 1 is 1.21 bits per heavy atom. The molecule has 3 amide bonds. The van der Waals surface area contributed by atoms with E-state index in [1.54, 1.807) is 16.5 Å². The second-order valence-electron chi connectivity index (χ2n) is 6.79. The highest BCUT2D eigenvalue weighted by molar-refractivity contribution is 5.99. The van der Waals surface area contributed by atoms with Gasteiger partial charge in [0, 0.05) is 32.2 Å². The number of likely N-dealkylation sites (N-methyl/N-ethyl adjacent to an activating group) is 1. The van der Waals surface area contributed by atoms with Gasteiger partial charge in [0.2, 0.25) is 5.91 Å². The number of nitrogens with one attached hydrogen (secondary N) is 2. The maximum absolute atomic E-state index is 13.0. The first-order valence-electron chi connectivity index (χ1n) is 9.49. The Kier molecular flexibility index (Phi) is 6.08. The number of hydrogen-bond acceptors (Lipinski definition) is 4. The predicted molar refractivity (Wildman–Crippen MR) is 104 cm³/mol. The van der Waals surface area contributed by atoms with E-state index in [2.05, 4.69) is 15.7 Å². The third-order valence-electron chi connectivity index (χ3n) is 4.63. The van der Waals surface area contributed by atoms with Crippen LogP contribution in [0, 0.1) is 0 Å². The zero-order valence-electron chi connectivity index (χ0n) is 16.1. The Labute approximate surface area is 163 Å². The summed E-state index contributed by atoms with van der Waals surface area (Å²) in [5, 5.41) is 9.56. The number of hydrogen-bond donors (Lipinski definition) is 2. The summed E-state index contributed by atoms with van der Waals surface area (Å²) in [5.41, 5.74) is 1.59. The molecule has 2 N–H and O–H groups in total. The van der Waals surface area contributed by atoms with Crippen LogP contribution in [0.4, 0.5) is 0 Å². The van der Waals surface area contributed by atoms with Crippen molar-refractivity contribution in [3.63, 3.8) is 0 Å². The highest BCUT2D eigenvalue weighted by Gasteiger charge is 2.27. The molecule has 0 fully saturated rings. The summed E-state index contributed by atoms with van der Waals surface area (Å²) in [5.74, 6) is -0.881. The van der Waals surface area contributed by atoms with Crippen molar-refractivity contribution >= 4 is 17.7 Å². The lowest BCUT2D eigenvalue weighted by molar-refractivity contribution is -0.122. The van der Waals surface area contributed by atoms with E-state index in [4.69, 9.17) is 0 Å². The van der Waals surface area contributed by atoms with Crippen molar-refractivity contribution < 1.29 is 14.4 Å². The van der Waals surface area contributed by atoms with Crippen molar-refractivity contribution in [3.05, 3.63) is 53.3 Å². The summed E-state index contributed by atoms with van der Waals surface area (Å²) in [6, 6.07) is 10.6. The van der Waals surface area contributed by atoms with Gasteiger partial charge in [0.25, 0.3) is 11.8 Å². The van der Waals surface area contributed by atoms with E-state index in [0.717, 1.165) is 12.0 Å². The molecule has 0 saturated heterocycles. The summed E-state index contributed by atoms with van der Waals surface area (Å²) >= 11 is 0. The quantitative estimate of drug-likeness (QED) is 0.783. The second kappa shape index (κ2) is 8.69. The second-order valence-corrected chi connectivity index (χ2v) is 6.79. The smallest absolute Gasteiger partial charge is 0.272 e. The Morgan fingerprint density at radius 2 is 1.96 bits per heavy atom. The number of aryl methyl sites for hydroxylation is 1. The van der Waals surface area contributed by atoms with Gasteiger partial charge in [-0.2, -0.15) is 5.10 Å². The summed E-state index contributed by atoms with van der Waals surface area (Å²) in [4.78, 5) is 39.0. The van der Waals surface area contributed by atoms with Crippen LogP contribution in [0.2, 0.25) is 0 Å². The minimum absolute atomic E-state index is 0.140. The van der Waals surface area contributed by atoms with Gasteiger partial charge < -0.3 is 15.5 Å². The molecule has 8 heteroatoms. The standard InChI is InChI=1S/C20H25N5O3/c1-3-21-18(26)14(2)22-19(27)16-12-17-20(28)24(10-7-11-25(17)23-16)13-15-8-5-4-6-9-15/h4-6,8-9,12,14H,3,7,10-11,13H2,1-2H3,(H,21,26)(H,22,27). The molecule has 0 bridgehead atoms. The largest absolute Gasteiger partial charge is 0.355 e. The van der Waals surface area contributed by atoms with Gasteiger partial charge in [0.15, 0.2) is 5.69 Å². The Morgan fingerprint density at radius 3 is 2.68 bits per heavy atom.